The van der Waals surface area contributed by atoms with Gasteiger partial charge in [0, 0.05) is 4.47 Å². The molecule has 2 aromatic rings. The lowest BCUT2D eigenvalue weighted by Gasteiger charge is -2.11. The molecule has 2 rings (SSSR count). The second-order valence-electron chi connectivity index (χ2n) is 4.36. The molecule has 0 aliphatic carbocycles. The van der Waals surface area contributed by atoms with Crippen LogP contribution in [-0.4, -0.2) is 13.6 Å². The van der Waals surface area contributed by atoms with E-state index in [0.29, 0.717) is 6.61 Å². The average molecular weight is 320 g/mol. The van der Waals surface area contributed by atoms with Crippen LogP contribution in [0.2, 0.25) is 0 Å². The molecule has 0 spiro atoms. The summed E-state index contributed by atoms with van der Waals surface area (Å²) >= 11 is 3.42. The first-order chi connectivity index (χ1) is 9.29. The second kappa shape index (κ2) is 7.31. The van der Waals surface area contributed by atoms with Gasteiger partial charge in [-0.1, -0.05) is 40.2 Å². The SMILES string of the molecule is CNCCc1ccccc1COc1ccc(Br)cc1. The lowest BCUT2D eigenvalue weighted by molar-refractivity contribution is 0.305. The number of hydrogen-bond acceptors (Lipinski definition) is 2. The summed E-state index contributed by atoms with van der Waals surface area (Å²) in [7, 11) is 1.97. The number of benzene rings is 2. The highest BCUT2D eigenvalue weighted by Crippen LogP contribution is 2.18. The maximum absolute atomic E-state index is 5.83. The molecule has 0 amide bonds. The fourth-order valence-corrected chi connectivity index (χ4v) is 2.16. The molecule has 2 aromatic carbocycles. The molecule has 0 atom stereocenters. The third kappa shape index (κ3) is 4.37. The smallest absolute Gasteiger partial charge is 0.119 e. The topological polar surface area (TPSA) is 21.3 Å². The fourth-order valence-electron chi connectivity index (χ4n) is 1.89. The minimum atomic E-state index is 0.613. The Labute approximate surface area is 122 Å². The van der Waals surface area contributed by atoms with Gasteiger partial charge in [0.15, 0.2) is 0 Å². The number of halogens is 1. The molecule has 2 nitrogen and oxygen atoms in total. The molecule has 0 saturated carbocycles. The standard InChI is InChI=1S/C16H18BrNO/c1-18-11-10-13-4-2-3-5-14(13)12-19-16-8-6-15(17)7-9-16/h2-9,18H,10-12H2,1H3. The van der Waals surface area contributed by atoms with Crippen molar-refractivity contribution in [2.45, 2.75) is 13.0 Å². The number of hydrogen-bond donors (Lipinski definition) is 1. The van der Waals surface area contributed by atoms with E-state index in [9.17, 15) is 0 Å². The van der Waals surface area contributed by atoms with Crippen molar-refractivity contribution in [1.29, 1.82) is 0 Å². The molecular weight excluding hydrogens is 302 g/mol. The Morgan fingerprint density at radius 3 is 2.37 bits per heavy atom. The summed E-state index contributed by atoms with van der Waals surface area (Å²) < 4.78 is 6.89. The highest BCUT2D eigenvalue weighted by Gasteiger charge is 2.02. The van der Waals surface area contributed by atoms with E-state index in [0.717, 1.165) is 23.2 Å². The molecular formula is C16H18BrNO. The molecule has 100 valence electrons. The van der Waals surface area contributed by atoms with E-state index in [2.05, 4.69) is 45.5 Å². The molecule has 19 heavy (non-hydrogen) atoms. The summed E-state index contributed by atoms with van der Waals surface area (Å²) in [4.78, 5) is 0. The Balaban J connectivity index is 2.00. The quantitative estimate of drug-likeness (QED) is 0.874. The molecule has 0 bridgehead atoms. The summed E-state index contributed by atoms with van der Waals surface area (Å²) in [5, 5.41) is 3.18. The molecule has 0 aliphatic heterocycles. The first-order valence-corrected chi connectivity index (χ1v) is 7.18. The number of ether oxygens (including phenoxy) is 1. The number of nitrogens with one attached hydrogen (secondary N) is 1. The van der Waals surface area contributed by atoms with Crippen molar-refractivity contribution in [2.24, 2.45) is 0 Å². The Morgan fingerprint density at radius 1 is 1.00 bits per heavy atom. The number of rotatable bonds is 6. The van der Waals surface area contributed by atoms with E-state index < -0.39 is 0 Å². The third-order valence-electron chi connectivity index (χ3n) is 2.97. The highest BCUT2D eigenvalue weighted by molar-refractivity contribution is 9.10. The first kappa shape index (κ1) is 14.1. The number of likely N-dealkylation sites (N-methyl/N-ethyl adjacent to an activating group) is 1. The van der Waals surface area contributed by atoms with Crippen molar-refractivity contribution in [3.63, 3.8) is 0 Å². The summed E-state index contributed by atoms with van der Waals surface area (Å²) in [5.41, 5.74) is 2.59. The van der Waals surface area contributed by atoms with Gasteiger partial charge in [0.1, 0.15) is 12.4 Å². The normalized spacial score (nSPS) is 10.4. The average Bonchev–Trinajstić information content (AvgIpc) is 2.45. The molecule has 0 fully saturated rings. The van der Waals surface area contributed by atoms with Crippen LogP contribution in [0.1, 0.15) is 11.1 Å². The predicted octanol–water partition coefficient (Wildman–Crippen LogP) is 3.79. The molecule has 0 heterocycles. The highest BCUT2D eigenvalue weighted by atomic mass is 79.9. The molecule has 0 saturated heterocycles. The van der Waals surface area contributed by atoms with E-state index in [-0.39, 0.29) is 0 Å². The molecule has 0 unspecified atom stereocenters. The van der Waals surface area contributed by atoms with Crippen LogP contribution in [0.3, 0.4) is 0 Å². The minimum Gasteiger partial charge on any atom is -0.489 e. The Morgan fingerprint density at radius 2 is 1.68 bits per heavy atom. The van der Waals surface area contributed by atoms with Crippen LogP contribution in [0.25, 0.3) is 0 Å². The molecule has 0 aliphatic rings. The van der Waals surface area contributed by atoms with Gasteiger partial charge in [0.25, 0.3) is 0 Å². The molecule has 0 radical (unpaired) electrons. The van der Waals surface area contributed by atoms with Gasteiger partial charge in [-0.2, -0.15) is 0 Å². The van der Waals surface area contributed by atoms with Crippen LogP contribution >= 0.6 is 15.9 Å². The van der Waals surface area contributed by atoms with Gasteiger partial charge in [-0.3, -0.25) is 0 Å². The van der Waals surface area contributed by atoms with Crippen LogP contribution in [0.4, 0.5) is 0 Å². The van der Waals surface area contributed by atoms with Gasteiger partial charge in [-0.05, 0) is 55.4 Å². The van der Waals surface area contributed by atoms with E-state index in [1.807, 2.05) is 31.3 Å². The second-order valence-corrected chi connectivity index (χ2v) is 5.28. The van der Waals surface area contributed by atoms with Gasteiger partial charge in [-0.25, -0.2) is 0 Å². The van der Waals surface area contributed by atoms with Crippen molar-refractivity contribution < 1.29 is 4.74 Å². The molecule has 1 N–H and O–H groups in total. The van der Waals surface area contributed by atoms with E-state index >= 15 is 0 Å². The lowest BCUT2D eigenvalue weighted by Crippen LogP contribution is -2.12. The Hall–Kier alpha value is -1.32. The van der Waals surface area contributed by atoms with Gasteiger partial charge in [0.05, 0.1) is 0 Å². The van der Waals surface area contributed by atoms with Crippen molar-refractivity contribution in [3.8, 4) is 5.75 Å². The van der Waals surface area contributed by atoms with Crippen molar-refractivity contribution >= 4 is 15.9 Å². The molecule has 0 aromatic heterocycles. The minimum absolute atomic E-state index is 0.613. The summed E-state index contributed by atoms with van der Waals surface area (Å²) in [6.45, 7) is 1.59. The zero-order valence-corrected chi connectivity index (χ0v) is 12.6. The predicted molar refractivity (Wildman–Crippen MR) is 82.5 cm³/mol. The Bertz CT molecular complexity index is 510. The zero-order chi connectivity index (χ0) is 13.5. The van der Waals surface area contributed by atoms with Crippen molar-refractivity contribution in [2.75, 3.05) is 13.6 Å². The van der Waals surface area contributed by atoms with Crippen molar-refractivity contribution in [3.05, 3.63) is 64.1 Å². The maximum atomic E-state index is 5.83. The Kier molecular flexibility index (Phi) is 5.43. The van der Waals surface area contributed by atoms with Gasteiger partial charge in [0.2, 0.25) is 0 Å². The fraction of sp³-hybridized carbons (Fsp3) is 0.250. The first-order valence-electron chi connectivity index (χ1n) is 6.39. The van der Waals surface area contributed by atoms with Gasteiger partial charge >= 0.3 is 0 Å². The van der Waals surface area contributed by atoms with Crippen LogP contribution in [0.5, 0.6) is 5.75 Å². The summed E-state index contributed by atoms with van der Waals surface area (Å²) in [6.07, 6.45) is 1.02. The van der Waals surface area contributed by atoms with Crippen LogP contribution in [0.15, 0.2) is 53.0 Å². The van der Waals surface area contributed by atoms with Gasteiger partial charge in [-0.15, -0.1) is 0 Å². The summed E-state index contributed by atoms with van der Waals surface area (Å²) in [5.74, 6) is 0.895. The maximum Gasteiger partial charge on any atom is 0.119 e. The third-order valence-corrected chi connectivity index (χ3v) is 3.50. The largest absolute Gasteiger partial charge is 0.489 e. The van der Waals surface area contributed by atoms with Crippen LogP contribution in [-0.2, 0) is 13.0 Å². The monoisotopic (exact) mass is 319 g/mol. The van der Waals surface area contributed by atoms with Crippen LogP contribution < -0.4 is 10.1 Å². The summed E-state index contributed by atoms with van der Waals surface area (Å²) in [6, 6.07) is 16.4. The van der Waals surface area contributed by atoms with E-state index in [1.165, 1.54) is 11.1 Å². The van der Waals surface area contributed by atoms with Crippen molar-refractivity contribution in [1.82, 2.24) is 5.32 Å². The van der Waals surface area contributed by atoms with E-state index in [1.54, 1.807) is 0 Å². The zero-order valence-electron chi connectivity index (χ0n) is 11.0. The van der Waals surface area contributed by atoms with Crippen LogP contribution in [0, 0.1) is 0 Å². The molecule has 3 heteroatoms. The van der Waals surface area contributed by atoms with Gasteiger partial charge < -0.3 is 10.1 Å². The van der Waals surface area contributed by atoms with E-state index in [4.69, 9.17) is 4.74 Å². The lowest BCUT2D eigenvalue weighted by atomic mass is 10.1.